The summed E-state index contributed by atoms with van der Waals surface area (Å²) in [4.78, 5) is 8.14. The van der Waals surface area contributed by atoms with Crippen LogP contribution in [0.1, 0.15) is 22.5 Å². The summed E-state index contributed by atoms with van der Waals surface area (Å²) in [5.41, 5.74) is 2.81. The topological polar surface area (TPSA) is 58.8 Å². The zero-order chi connectivity index (χ0) is 14.0. The Morgan fingerprint density at radius 3 is 2.32 bits per heavy atom. The average Bonchev–Trinajstić information content (AvgIpc) is 2.35. The number of aromatic nitrogens is 2. The number of benzene rings is 1. The van der Waals surface area contributed by atoms with Gasteiger partial charge in [-0.1, -0.05) is 11.6 Å². The largest absolute Gasteiger partial charge is 0.424 e. The first kappa shape index (κ1) is 13.3. The molecule has 0 aliphatic heterocycles. The van der Waals surface area contributed by atoms with Gasteiger partial charge in [0, 0.05) is 10.7 Å². The van der Waals surface area contributed by atoms with Crippen LogP contribution in [0.5, 0.6) is 11.8 Å². The molecule has 5 heteroatoms. The second-order valence-corrected chi connectivity index (χ2v) is 4.64. The van der Waals surface area contributed by atoms with Gasteiger partial charge in [0.1, 0.15) is 17.5 Å². The molecule has 0 saturated heterocycles. The molecule has 0 fully saturated rings. The SMILES string of the molecule is Cc1cc(C#N)nc(Oc2cc(C)c(Cl)c(C)c2)n1. The summed E-state index contributed by atoms with van der Waals surface area (Å²) in [5, 5.41) is 9.58. The monoisotopic (exact) mass is 273 g/mol. The first-order chi connectivity index (χ1) is 8.99. The standard InChI is InChI=1S/C14H12ClN3O/c1-8-4-12(5-9(2)13(8)15)19-14-17-10(3)6-11(7-16)18-14/h4-6H,1-3H3. The molecule has 0 saturated carbocycles. The Kier molecular flexibility index (Phi) is 3.68. The number of nitriles is 1. The van der Waals surface area contributed by atoms with Crippen LogP contribution in [-0.4, -0.2) is 9.97 Å². The lowest BCUT2D eigenvalue weighted by atomic mass is 10.1. The highest BCUT2D eigenvalue weighted by Gasteiger charge is 2.08. The molecule has 0 aliphatic rings. The number of halogens is 1. The molecule has 1 aromatic heterocycles. The predicted octanol–water partition coefficient (Wildman–Crippen LogP) is 3.72. The lowest BCUT2D eigenvalue weighted by molar-refractivity contribution is 0.439. The summed E-state index contributed by atoms with van der Waals surface area (Å²) >= 11 is 6.10. The van der Waals surface area contributed by atoms with Gasteiger partial charge in [0.15, 0.2) is 0 Å². The first-order valence-corrected chi connectivity index (χ1v) is 6.08. The number of nitrogens with zero attached hydrogens (tertiary/aromatic N) is 3. The number of aryl methyl sites for hydroxylation is 3. The summed E-state index contributed by atoms with van der Waals surface area (Å²) in [7, 11) is 0. The van der Waals surface area contributed by atoms with Crippen molar-refractivity contribution in [2.45, 2.75) is 20.8 Å². The molecule has 0 radical (unpaired) electrons. The van der Waals surface area contributed by atoms with Gasteiger partial charge in [-0.25, -0.2) is 4.98 Å². The fraction of sp³-hybridized carbons (Fsp3) is 0.214. The van der Waals surface area contributed by atoms with Crippen molar-refractivity contribution in [3.8, 4) is 17.8 Å². The molecule has 1 aromatic carbocycles. The van der Waals surface area contributed by atoms with E-state index in [9.17, 15) is 0 Å². The van der Waals surface area contributed by atoms with Gasteiger partial charge in [0.25, 0.3) is 0 Å². The van der Waals surface area contributed by atoms with E-state index in [0.29, 0.717) is 11.4 Å². The van der Waals surface area contributed by atoms with Gasteiger partial charge < -0.3 is 4.74 Å². The van der Waals surface area contributed by atoms with Crippen LogP contribution in [0.4, 0.5) is 0 Å². The molecule has 0 amide bonds. The molecular formula is C14H12ClN3O. The third-order valence-corrected chi connectivity index (χ3v) is 3.16. The van der Waals surface area contributed by atoms with E-state index in [4.69, 9.17) is 21.6 Å². The lowest BCUT2D eigenvalue weighted by Crippen LogP contribution is -1.97. The van der Waals surface area contributed by atoms with E-state index in [1.165, 1.54) is 0 Å². The number of ether oxygens (including phenoxy) is 1. The van der Waals surface area contributed by atoms with Crippen molar-refractivity contribution in [3.05, 3.63) is 45.7 Å². The molecule has 0 atom stereocenters. The first-order valence-electron chi connectivity index (χ1n) is 5.70. The maximum atomic E-state index is 8.86. The van der Waals surface area contributed by atoms with Crippen molar-refractivity contribution in [3.63, 3.8) is 0 Å². The van der Waals surface area contributed by atoms with Crippen LogP contribution in [0.25, 0.3) is 0 Å². The molecule has 19 heavy (non-hydrogen) atoms. The van der Waals surface area contributed by atoms with Crippen molar-refractivity contribution in [1.29, 1.82) is 5.26 Å². The minimum absolute atomic E-state index is 0.165. The van der Waals surface area contributed by atoms with E-state index >= 15 is 0 Å². The zero-order valence-electron chi connectivity index (χ0n) is 10.9. The fourth-order valence-electron chi connectivity index (χ4n) is 1.71. The fourth-order valence-corrected chi connectivity index (χ4v) is 1.82. The minimum Gasteiger partial charge on any atom is -0.424 e. The maximum Gasteiger partial charge on any atom is 0.323 e. The Morgan fingerprint density at radius 2 is 1.74 bits per heavy atom. The quantitative estimate of drug-likeness (QED) is 0.837. The van der Waals surface area contributed by atoms with Gasteiger partial charge in [-0.2, -0.15) is 10.2 Å². The molecule has 0 bridgehead atoms. The molecular weight excluding hydrogens is 262 g/mol. The van der Waals surface area contributed by atoms with Crippen LogP contribution in [0.2, 0.25) is 5.02 Å². The molecule has 2 aromatic rings. The highest BCUT2D eigenvalue weighted by molar-refractivity contribution is 6.32. The summed E-state index contributed by atoms with van der Waals surface area (Å²) < 4.78 is 5.59. The Morgan fingerprint density at radius 1 is 1.11 bits per heavy atom. The second-order valence-electron chi connectivity index (χ2n) is 4.26. The van der Waals surface area contributed by atoms with Gasteiger partial charge in [-0.3, -0.25) is 0 Å². The molecule has 2 rings (SSSR count). The summed E-state index contributed by atoms with van der Waals surface area (Å²) in [6.07, 6.45) is 0. The van der Waals surface area contributed by atoms with Crippen LogP contribution in [0, 0.1) is 32.1 Å². The summed E-state index contributed by atoms with van der Waals surface area (Å²) in [6.45, 7) is 5.59. The highest BCUT2D eigenvalue weighted by Crippen LogP contribution is 2.28. The third kappa shape index (κ3) is 3.01. The molecule has 4 nitrogen and oxygen atoms in total. The van der Waals surface area contributed by atoms with Gasteiger partial charge in [-0.15, -0.1) is 0 Å². The predicted molar refractivity (Wildman–Crippen MR) is 72.5 cm³/mol. The Bertz CT molecular complexity index is 654. The molecule has 1 heterocycles. The number of rotatable bonds is 2. The van der Waals surface area contributed by atoms with Crippen molar-refractivity contribution in [2.24, 2.45) is 0 Å². The Balaban J connectivity index is 2.36. The van der Waals surface area contributed by atoms with E-state index < -0.39 is 0 Å². The average molecular weight is 274 g/mol. The molecule has 0 spiro atoms. The van der Waals surface area contributed by atoms with Crippen LogP contribution in [0.15, 0.2) is 18.2 Å². The van der Waals surface area contributed by atoms with Crippen molar-refractivity contribution in [1.82, 2.24) is 9.97 Å². The van der Waals surface area contributed by atoms with E-state index in [0.717, 1.165) is 16.1 Å². The van der Waals surface area contributed by atoms with E-state index in [1.54, 1.807) is 13.0 Å². The molecule has 0 N–H and O–H groups in total. The van der Waals surface area contributed by atoms with E-state index in [1.807, 2.05) is 32.0 Å². The van der Waals surface area contributed by atoms with E-state index in [2.05, 4.69) is 9.97 Å². The highest BCUT2D eigenvalue weighted by atomic mass is 35.5. The van der Waals surface area contributed by atoms with Gasteiger partial charge in [0.05, 0.1) is 0 Å². The Labute approximate surface area is 116 Å². The van der Waals surface area contributed by atoms with Crippen LogP contribution >= 0.6 is 11.6 Å². The zero-order valence-corrected chi connectivity index (χ0v) is 11.6. The Hall–Kier alpha value is -2.12. The van der Waals surface area contributed by atoms with Crippen LogP contribution in [0.3, 0.4) is 0 Å². The van der Waals surface area contributed by atoms with Crippen molar-refractivity contribution < 1.29 is 4.74 Å². The smallest absolute Gasteiger partial charge is 0.323 e. The third-order valence-electron chi connectivity index (χ3n) is 2.57. The number of hydrogen-bond donors (Lipinski definition) is 0. The number of hydrogen-bond acceptors (Lipinski definition) is 4. The van der Waals surface area contributed by atoms with Gasteiger partial charge in [0.2, 0.25) is 0 Å². The van der Waals surface area contributed by atoms with Gasteiger partial charge in [-0.05, 0) is 50.1 Å². The molecule has 96 valence electrons. The van der Waals surface area contributed by atoms with Crippen molar-refractivity contribution >= 4 is 11.6 Å². The molecule has 0 unspecified atom stereocenters. The summed E-state index contributed by atoms with van der Waals surface area (Å²) in [5.74, 6) is 0.605. The van der Waals surface area contributed by atoms with Gasteiger partial charge >= 0.3 is 6.01 Å². The maximum absolute atomic E-state index is 8.86. The lowest BCUT2D eigenvalue weighted by Gasteiger charge is -2.08. The van der Waals surface area contributed by atoms with Crippen LogP contribution < -0.4 is 4.74 Å². The van der Waals surface area contributed by atoms with E-state index in [-0.39, 0.29) is 11.7 Å². The second kappa shape index (κ2) is 5.25. The minimum atomic E-state index is 0.165. The molecule has 0 aliphatic carbocycles. The summed E-state index contributed by atoms with van der Waals surface area (Å²) in [6, 6.07) is 7.37. The normalized spacial score (nSPS) is 10.1. The van der Waals surface area contributed by atoms with Crippen molar-refractivity contribution in [2.75, 3.05) is 0 Å². The van der Waals surface area contributed by atoms with Crippen LogP contribution in [-0.2, 0) is 0 Å².